The highest BCUT2D eigenvalue weighted by Crippen LogP contribution is 2.30. The minimum Gasteiger partial charge on any atom is -0.449 e. The van der Waals surface area contributed by atoms with Gasteiger partial charge in [-0.3, -0.25) is 9.78 Å². The van der Waals surface area contributed by atoms with Crippen molar-refractivity contribution < 1.29 is 14.3 Å². The second kappa shape index (κ2) is 8.34. The quantitative estimate of drug-likeness (QED) is 0.665. The Balaban J connectivity index is 1.58. The Hall–Kier alpha value is -3.72. The van der Waals surface area contributed by atoms with Gasteiger partial charge in [-0.2, -0.15) is 5.26 Å². The van der Waals surface area contributed by atoms with Crippen LogP contribution in [0, 0.1) is 11.3 Å². The lowest BCUT2D eigenvalue weighted by Crippen LogP contribution is -2.30. The molecular formula is C24H21N3O3. The van der Waals surface area contributed by atoms with Crippen LogP contribution in [0.1, 0.15) is 46.9 Å². The summed E-state index contributed by atoms with van der Waals surface area (Å²) in [4.78, 5) is 30.4. The summed E-state index contributed by atoms with van der Waals surface area (Å²) in [6.45, 7) is 1.54. The molecule has 1 N–H and O–H groups in total. The maximum atomic E-state index is 13.1. The summed E-state index contributed by atoms with van der Waals surface area (Å²) in [6, 6.07) is 16.1. The lowest BCUT2D eigenvalue weighted by molar-refractivity contribution is -0.123. The second-order valence-corrected chi connectivity index (χ2v) is 7.37. The van der Waals surface area contributed by atoms with Gasteiger partial charge in [-0.05, 0) is 62.4 Å². The maximum Gasteiger partial charge on any atom is 0.339 e. The zero-order valence-corrected chi connectivity index (χ0v) is 16.6. The number of anilines is 1. The van der Waals surface area contributed by atoms with E-state index in [1.807, 2.05) is 30.3 Å². The van der Waals surface area contributed by atoms with Gasteiger partial charge in [-0.15, -0.1) is 0 Å². The van der Waals surface area contributed by atoms with Gasteiger partial charge in [-0.1, -0.05) is 24.3 Å². The molecule has 2 aromatic carbocycles. The molecule has 1 amide bonds. The number of hydrogen-bond acceptors (Lipinski definition) is 5. The molecule has 3 aromatic rings. The summed E-state index contributed by atoms with van der Waals surface area (Å²) in [6.07, 6.45) is 2.67. The Morgan fingerprint density at radius 1 is 1.13 bits per heavy atom. The number of fused-ring (bicyclic) bond motifs is 2. The molecule has 0 spiro atoms. The van der Waals surface area contributed by atoms with Gasteiger partial charge in [0, 0.05) is 16.8 Å². The van der Waals surface area contributed by atoms with Crippen molar-refractivity contribution in [2.45, 2.75) is 38.7 Å². The average molecular weight is 399 g/mol. The number of aryl methyl sites for hydroxylation is 1. The van der Waals surface area contributed by atoms with Crippen LogP contribution in [0.5, 0.6) is 0 Å². The topological polar surface area (TPSA) is 92.1 Å². The number of pyridine rings is 1. The van der Waals surface area contributed by atoms with E-state index in [-0.39, 0.29) is 0 Å². The van der Waals surface area contributed by atoms with Gasteiger partial charge in [0.2, 0.25) is 0 Å². The van der Waals surface area contributed by atoms with Crippen LogP contribution in [0.3, 0.4) is 0 Å². The largest absolute Gasteiger partial charge is 0.449 e. The predicted molar refractivity (Wildman–Crippen MR) is 113 cm³/mol. The van der Waals surface area contributed by atoms with Crippen molar-refractivity contribution in [2.75, 3.05) is 5.32 Å². The Labute approximate surface area is 174 Å². The van der Waals surface area contributed by atoms with E-state index in [0.29, 0.717) is 16.8 Å². The number of para-hydroxylation sites is 1. The molecule has 1 aromatic heterocycles. The molecule has 0 saturated heterocycles. The first kappa shape index (κ1) is 19.6. The number of hydrogen-bond donors (Lipinski definition) is 1. The Morgan fingerprint density at radius 3 is 2.77 bits per heavy atom. The number of aromatic nitrogens is 1. The molecule has 1 heterocycles. The van der Waals surface area contributed by atoms with Gasteiger partial charge in [0.15, 0.2) is 6.10 Å². The second-order valence-electron chi connectivity index (χ2n) is 7.37. The number of nitrogens with zero attached hydrogens (tertiary/aromatic N) is 2. The number of ether oxygens (including phenoxy) is 1. The van der Waals surface area contributed by atoms with Crippen molar-refractivity contribution in [3.63, 3.8) is 0 Å². The van der Waals surface area contributed by atoms with Crippen LogP contribution >= 0.6 is 0 Å². The molecule has 1 aliphatic rings. The van der Waals surface area contributed by atoms with E-state index in [1.54, 1.807) is 24.3 Å². The lowest BCUT2D eigenvalue weighted by Gasteiger charge is -2.21. The summed E-state index contributed by atoms with van der Waals surface area (Å²) in [5.74, 6) is -0.967. The van der Waals surface area contributed by atoms with Crippen LogP contribution < -0.4 is 5.32 Å². The Kier molecular flexibility index (Phi) is 5.44. The highest BCUT2D eigenvalue weighted by Gasteiger charge is 2.26. The van der Waals surface area contributed by atoms with Gasteiger partial charge in [0.1, 0.15) is 0 Å². The molecule has 0 fully saturated rings. The average Bonchev–Trinajstić information content (AvgIpc) is 2.77. The molecular weight excluding hydrogens is 378 g/mol. The number of carbonyl (C=O) groups is 2. The maximum absolute atomic E-state index is 13.1. The van der Waals surface area contributed by atoms with Crippen molar-refractivity contribution in [3.05, 3.63) is 70.9 Å². The van der Waals surface area contributed by atoms with Gasteiger partial charge in [0.25, 0.3) is 5.91 Å². The third kappa shape index (κ3) is 3.87. The highest BCUT2D eigenvalue weighted by molar-refractivity contribution is 6.06. The number of esters is 1. The first-order chi connectivity index (χ1) is 14.6. The molecule has 4 rings (SSSR count). The summed E-state index contributed by atoms with van der Waals surface area (Å²) < 4.78 is 5.56. The molecule has 0 unspecified atom stereocenters. The fraction of sp³-hybridized carbons (Fsp3) is 0.250. The van der Waals surface area contributed by atoms with Crippen LogP contribution in [-0.4, -0.2) is 23.0 Å². The number of nitriles is 1. The van der Waals surface area contributed by atoms with Gasteiger partial charge in [-0.25, -0.2) is 4.79 Å². The van der Waals surface area contributed by atoms with Crippen LogP contribution in [-0.2, 0) is 22.4 Å². The fourth-order valence-electron chi connectivity index (χ4n) is 3.79. The van der Waals surface area contributed by atoms with E-state index in [1.165, 1.54) is 6.92 Å². The molecule has 0 bridgehead atoms. The van der Waals surface area contributed by atoms with E-state index in [0.717, 1.165) is 47.8 Å². The third-order valence-electron chi connectivity index (χ3n) is 5.29. The van der Waals surface area contributed by atoms with E-state index in [4.69, 9.17) is 15.0 Å². The SMILES string of the molecule is C[C@@H](OC(=O)c1c2c(nc3ccccc13)CCCC2)C(=O)Nc1cccc(C#N)c1. The predicted octanol–water partition coefficient (Wildman–Crippen LogP) is 4.17. The fourth-order valence-corrected chi connectivity index (χ4v) is 3.79. The summed E-state index contributed by atoms with van der Waals surface area (Å²) in [5, 5.41) is 12.4. The van der Waals surface area contributed by atoms with Gasteiger partial charge < -0.3 is 10.1 Å². The van der Waals surface area contributed by atoms with E-state index in [9.17, 15) is 9.59 Å². The first-order valence-corrected chi connectivity index (χ1v) is 9.99. The number of carbonyl (C=O) groups excluding carboxylic acids is 2. The third-order valence-corrected chi connectivity index (χ3v) is 5.29. The molecule has 0 saturated carbocycles. The normalized spacial score (nSPS) is 13.7. The van der Waals surface area contributed by atoms with Gasteiger partial charge >= 0.3 is 5.97 Å². The Morgan fingerprint density at radius 2 is 1.93 bits per heavy atom. The van der Waals surface area contributed by atoms with Crippen molar-refractivity contribution in [3.8, 4) is 6.07 Å². The van der Waals surface area contributed by atoms with Crippen LogP contribution in [0.15, 0.2) is 48.5 Å². The molecule has 1 atom stereocenters. The number of amides is 1. The van der Waals surface area contributed by atoms with Crippen molar-refractivity contribution in [1.82, 2.24) is 4.98 Å². The molecule has 150 valence electrons. The van der Waals surface area contributed by atoms with Gasteiger partial charge in [0.05, 0.1) is 22.7 Å². The minimum atomic E-state index is -0.991. The van der Waals surface area contributed by atoms with E-state index in [2.05, 4.69) is 5.32 Å². The highest BCUT2D eigenvalue weighted by atomic mass is 16.5. The molecule has 30 heavy (non-hydrogen) atoms. The minimum absolute atomic E-state index is 0.437. The van der Waals surface area contributed by atoms with Crippen LogP contribution in [0.4, 0.5) is 5.69 Å². The van der Waals surface area contributed by atoms with E-state index < -0.39 is 18.0 Å². The molecule has 6 heteroatoms. The smallest absolute Gasteiger partial charge is 0.339 e. The van der Waals surface area contributed by atoms with Crippen molar-refractivity contribution >= 4 is 28.5 Å². The first-order valence-electron chi connectivity index (χ1n) is 9.99. The monoisotopic (exact) mass is 399 g/mol. The number of benzene rings is 2. The van der Waals surface area contributed by atoms with Crippen molar-refractivity contribution in [1.29, 1.82) is 5.26 Å². The summed E-state index contributed by atoms with van der Waals surface area (Å²) >= 11 is 0. The van der Waals surface area contributed by atoms with Crippen LogP contribution in [0.25, 0.3) is 10.9 Å². The molecule has 1 aliphatic carbocycles. The zero-order chi connectivity index (χ0) is 21.1. The Bertz CT molecular complexity index is 1180. The summed E-state index contributed by atoms with van der Waals surface area (Å²) in [5.41, 5.74) is 4.06. The van der Waals surface area contributed by atoms with E-state index >= 15 is 0 Å². The lowest BCUT2D eigenvalue weighted by atomic mass is 9.90. The van der Waals surface area contributed by atoms with Crippen LogP contribution in [0.2, 0.25) is 0 Å². The number of nitrogens with one attached hydrogen (secondary N) is 1. The standard InChI is InChI=1S/C24H21N3O3/c1-15(23(28)26-17-8-6-7-16(13-17)14-25)30-24(29)22-18-9-2-4-11-20(18)27-21-12-5-3-10-19(21)22/h2,4,6-9,11,13,15H,3,5,10,12H2,1H3,(H,26,28)/t15-/m1/s1. The molecule has 0 aliphatic heterocycles. The molecule has 0 radical (unpaired) electrons. The molecule has 6 nitrogen and oxygen atoms in total. The summed E-state index contributed by atoms with van der Waals surface area (Å²) in [7, 11) is 0. The van der Waals surface area contributed by atoms with Crippen molar-refractivity contribution in [2.24, 2.45) is 0 Å². The number of rotatable bonds is 4. The zero-order valence-electron chi connectivity index (χ0n) is 16.6.